The monoisotopic (exact) mass is 243 g/mol. The van der Waals surface area contributed by atoms with E-state index in [1.807, 2.05) is 38.1 Å². The van der Waals surface area contributed by atoms with Crippen molar-refractivity contribution >= 4 is 5.91 Å². The van der Waals surface area contributed by atoms with E-state index < -0.39 is 0 Å². The van der Waals surface area contributed by atoms with Gasteiger partial charge >= 0.3 is 0 Å². The number of hydrogen-bond donors (Lipinski definition) is 1. The lowest BCUT2D eigenvalue weighted by Crippen LogP contribution is -2.30. The molecule has 0 bridgehead atoms. The van der Waals surface area contributed by atoms with Crippen molar-refractivity contribution in [2.45, 2.75) is 26.4 Å². The van der Waals surface area contributed by atoms with Gasteiger partial charge in [-0.25, -0.2) is 4.98 Å². The number of aromatic nitrogens is 2. The third-order valence-electron chi connectivity index (χ3n) is 2.94. The second-order valence-corrected chi connectivity index (χ2v) is 4.39. The molecule has 2 aromatic rings. The maximum Gasteiger partial charge on any atom is 0.243 e. The molecule has 4 heteroatoms. The molecule has 4 nitrogen and oxygen atoms in total. The van der Waals surface area contributed by atoms with Crippen LogP contribution < -0.4 is 5.32 Å². The number of carbonyl (C=O) groups is 1. The Morgan fingerprint density at radius 2 is 2.11 bits per heavy atom. The highest BCUT2D eigenvalue weighted by Crippen LogP contribution is 2.06. The molecule has 94 valence electrons. The summed E-state index contributed by atoms with van der Waals surface area (Å²) in [5, 5.41) is 2.92. The number of nitrogens with one attached hydrogen (secondary N) is 1. The number of imidazole rings is 1. The minimum atomic E-state index is -0.238. The fourth-order valence-electron chi connectivity index (χ4n) is 1.68. The second kappa shape index (κ2) is 5.49. The van der Waals surface area contributed by atoms with Gasteiger partial charge in [0.25, 0.3) is 0 Å². The summed E-state index contributed by atoms with van der Waals surface area (Å²) in [6, 6.07) is 7.90. The molecule has 0 fully saturated rings. The van der Waals surface area contributed by atoms with Gasteiger partial charge in [-0.15, -0.1) is 0 Å². The summed E-state index contributed by atoms with van der Waals surface area (Å²) in [6.45, 7) is 4.45. The van der Waals surface area contributed by atoms with E-state index in [0.29, 0.717) is 6.54 Å². The summed E-state index contributed by atoms with van der Waals surface area (Å²) in [5.41, 5.74) is 2.32. The van der Waals surface area contributed by atoms with E-state index in [0.717, 1.165) is 5.56 Å². The number of benzene rings is 1. The zero-order valence-corrected chi connectivity index (χ0v) is 10.6. The van der Waals surface area contributed by atoms with Crippen LogP contribution in [-0.4, -0.2) is 15.5 Å². The van der Waals surface area contributed by atoms with Crippen molar-refractivity contribution < 1.29 is 4.79 Å². The predicted octanol–water partition coefficient (Wildman–Crippen LogP) is 2.07. The summed E-state index contributed by atoms with van der Waals surface area (Å²) < 4.78 is 1.78. The Labute approximate surface area is 107 Å². The van der Waals surface area contributed by atoms with Crippen LogP contribution in [0.1, 0.15) is 24.1 Å². The molecule has 1 aromatic heterocycles. The molecule has 2 rings (SSSR count). The van der Waals surface area contributed by atoms with Crippen LogP contribution >= 0.6 is 0 Å². The molecular weight excluding hydrogens is 226 g/mol. The van der Waals surface area contributed by atoms with Crippen molar-refractivity contribution in [3.05, 3.63) is 54.1 Å². The van der Waals surface area contributed by atoms with E-state index in [-0.39, 0.29) is 11.9 Å². The van der Waals surface area contributed by atoms with Crippen LogP contribution in [-0.2, 0) is 11.3 Å². The van der Waals surface area contributed by atoms with Crippen LogP contribution in [0.25, 0.3) is 0 Å². The van der Waals surface area contributed by atoms with Crippen molar-refractivity contribution in [2.24, 2.45) is 0 Å². The van der Waals surface area contributed by atoms with Gasteiger partial charge in [0, 0.05) is 18.9 Å². The summed E-state index contributed by atoms with van der Waals surface area (Å²) in [4.78, 5) is 15.9. The number of aryl methyl sites for hydroxylation is 1. The highest BCUT2D eigenvalue weighted by Gasteiger charge is 2.13. The quantitative estimate of drug-likeness (QED) is 0.893. The predicted molar refractivity (Wildman–Crippen MR) is 70.0 cm³/mol. The van der Waals surface area contributed by atoms with Gasteiger partial charge < -0.3 is 9.88 Å². The standard InChI is InChI=1S/C14H17N3O/c1-11-3-5-13(6-4-11)9-16-14(18)12(2)17-8-7-15-10-17/h3-8,10,12H,9H2,1-2H3,(H,16,18). The molecule has 1 N–H and O–H groups in total. The average Bonchev–Trinajstić information content (AvgIpc) is 2.90. The molecule has 1 heterocycles. The number of amides is 1. The fourth-order valence-corrected chi connectivity index (χ4v) is 1.68. The molecule has 0 radical (unpaired) electrons. The van der Waals surface area contributed by atoms with Crippen molar-refractivity contribution in [2.75, 3.05) is 0 Å². The van der Waals surface area contributed by atoms with E-state index in [9.17, 15) is 4.79 Å². The van der Waals surface area contributed by atoms with E-state index in [4.69, 9.17) is 0 Å². The molecule has 0 spiro atoms. The lowest BCUT2D eigenvalue weighted by atomic mass is 10.1. The molecule has 0 aliphatic rings. The van der Waals surface area contributed by atoms with Crippen molar-refractivity contribution in [3.8, 4) is 0 Å². The lowest BCUT2D eigenvalue weighted by molar-refractivity contribution is -0.124. The van der Waals surface area contributed by atoms with Crippen molar-refractivity contribution in [1.29, 1.82) is 0 Å². The maximum absolute atomic E-state index is 11.9. The molecule has 0 saturated carbocycles. The van der Waals surface area contributed by atoms with Crippen LogP contribution in [0.4, 0.5) is 0 Å². The smallest absolute Gasteiger partial charge is 0.243 e. The third-order valence-corrected chi connectivity index (χ3v) is 2.94. The lowest BCUT2D eigenvalue weighted by Gasteiger charge is -2.13. The summed E-state index contributed by atoms with van der Waals surface area (Å²) in [5.74, 6) is -0.00595. The Hall–Kier alpha value is -2.10. The Morgan fingerprint density at radius 1 is 1.39 bits per heavy atom. The van der Waals surface area contributed by atoms with Gasteiger partial charge in [-0.1, -0.05) is 29.8 Å². The minimum Gasteiger partial charge on any atom is -0.350 e. The van der Waals surface area contributed by atoms with Gasteiger partial charge in [-0.05, 0) is 19.4 Å². The normalized spacial score (nSPS) is 12.1. The summed E-state index contributed by atoms with van der Waals surface area (Å²) in [7, 11) is 0. The molecule has 0 aliphatic carbocycles. The fraction of sp³-hybridized carbons (Fsp3) is 0.286. The highest BCUT2D eigenvalue weighted by atomic mass is 16.2. The Kier molecular flexibility index (Phi) is 3.77. The topological polar surface area (TPSA) is 46.9 Å². The van der Waals surface area contributed by atoms with Gasteiger partial charge in [-0.2, -0.15) is 0 Å². The van der Waals surface area contributed by atoms with Crippen LogP contribution in [0, 0.1) is 6.92 Å². The van der Waals surface area contributed by atoms with E-state index in [2.05, 4.69) is 10.3 Å². The van der Waals surface area contributed by atoms with Crippen molar-refractivity contribution in [3.63, 3.8) is 0 Å². The Bertz CT molecular complexity index is 502. The van der Waals surface area contributed by atoms with Gasteiger partial charge in [0.15, 0.2) is 0 Å². The largest absolute Gasteiger partial charge is 0.350 e. The third kappa shape index (κ3) is 2.97. The van der Waals surface area contributed by atoms with Gasteiger partial charge in [0.1, 0.15) is 6.04 Å². The molecule has 1 atom stereocenters. The van der Waals surface area contributed by atoms with Gasteiger partial charge in [0.05, 0.1) is 6.33 Å². The van der Waals surface area contributed by atoms with Crippen LogP contribution in [0.15, 0.2) is 43.0 Å². The van der Waals surface area contributed by atoms with Gasteiger partial charge in [-0.3, -0.25) is 4.79 Å². The first-order valence-electron chi connectivity index (χ1n) is 5.97. The molecule has 1 amide bonds. The van der Waals surface area contributed by atoms with Gasteiger partial charge in [0.2, 0.25) is 5.91 Å². The SMILES string of the molecule is Cc1ccc(CNC(=O)C(C)n2ccnc2)cc1. The molecule has 0 aliphatic heterocycles. The van der Waals surface area contributed by atoms with E-state index in [1.165, 1.54) is 5.56 Å². The Morgan fingerprint density at radius 3 is 2.72 bits per heavy atom. The van der Waals surface area contributed by atoms with Crippen LogP contribution in [0.5, 0.6) is 0 Å². The maximum atomic E-state index is 11.9. The highest BCUT2D eigenvalue weighted by molar-refractivity contribution is 5.79. The molecule has 1 aromatic carbocycles. The summed E-state index contributed by atoms with van der Waals surface area (Å²) >= 11 is 0. The number of carbonyl (C=O) groups excluding carboxylic acids is 1. The first-order valence-corrected chi connectivity index (χ1v) is 5.97. The Balaban J connectivity index is 1.90. The minimum absolute atomic E-state index is 0.00595. The molecule has 1 unspecified atom stereocenters. The van der Waals surface area contributed by atoms with Crippen LogP contribution in [0.3, 0.4) is 0 Å². The summed E-state index contributed by atoms with van der Waals surface area (Å²) in [6.07, 6.45) is 5.11. The molecular formula is C14H17N3O. The molecule has 18 heavy (non-hydrogen) atoms. The zero-order valence-electron chi connectivity index (χ0n) is 10.6. The van der Waals surface area contributed by atoms with E-state index in [1.54, 1.807) is 23.3 Å². The number of nitrogens with zero attached hydrogens (tertiary/aromatic N) is 2. The second-order valence-electron chi connectivity index (χ2n) is 4.39. The first kappa shape index (κ1) is 12.4. The van der Waals surface area contributed by atoms with E-state index >= 15 is 0 Å². The number of hydrogen-bond acceptors (Lipinski definition) is 2. The molecule has 0 saturated heterocycles. The first-order chi connectivity index (χ1) is 8.66. The average molecular weight is 243 g/mol. The zero-order chi connectivity index (χ0) is 13.0. The van der Waals surface area contributed by atoms with Crippen LogP contribution in [0.2, 0.25) is 0 Å². The van der Waals surface area contributed by atoms with Crippen molar-refractivity contribution in [1.82, 2.24) is 14.9 Å². The number of rotatable bonds is 4.